The number of rotatable bonds is 3. The average Bonchev–Trinajstić information content (AvgIpc) is 1.61. The summed E-state index contributed by atoms with van der Waals surface area (Å²) in [5, 5.41) is 0. The minimum atomic E-state index is 0.198. The van der Waals surface area contributed by atoms with Crippen LogP contribution in [0.2, 0.25) is 0 Å². The minimum Gasteiger partial charge on any atom is -0.328 e. The van der Waals surface area contributed by atoms with Crippen LogP contribution in [0.25, 0.3) is 0 Å². The number of nitrogens with two attached hydrogens (primary N) is 2. The third-order valence-corrected chi connectivity index (χ3v) is 0.691. The molecule has 7 heavy (non-hydrogen) atoms. The lowest BCUT2D eigenvalue weighted by Crippen LogP contribution is -2.18. The largest absolute Gasteiger partial charge is 0.328 e. The van der Waals surface area contributed by atoms with Gasteiger partial charge in [-0.25, -0.2) is 5.90 Å². The molecule has 0 aromatic carbocycles. The lowest BCUT2D eigenvalue weighted by Gasteiger charge is -1.99. The molecule has 3 heteroatoms. The summed E-state index contributed by atoms with van der Waals surface area (Å²) in [4.78, 5) is 4.27. The van der Waals surface area contributed by atoms with E-state index in [-0.39, 0.29) is 6.04 Å². The van der Waals surface area contributed by atoms with Crippen LogP contribution >= 0.6 is 0 Å². The Hall–Kier alpha value is -0.120. The highest BCUT2D eigenvalue weighted by atomic mass is 16.6. The molecule has 0 aromatic rings. The average molecular weight is 104 g/mol. The fourth-order valence-electron chi connectivity index (χ4n) is 0.254. The molecule has 0 aromatic heterocycles. The summed E-state index contributed by atoms with van der Waals surface area (Å²) in [5.74, 6) is 4.72. The standard InChI is InChI=1S/C4H12N2O/c1-4(5)2-3-7-6/h4H,2-3,5-6H2,1H3/t4-/m1/s1. The van der Waals surface area contributed by atoms with Gasteiger partial charge in [-0.3, -0.25) is 0 Å². The maximum atomic E-state index is 5.34. The predicted molar refractivity (Wildman–Crippen MR) is 28.4 cm³/mol. The quantitative estimate of drug-likeness (QED) is 0.479. The molecule has 0 saturated carbocycles. The molecule has 0 aliphatic carbocycles. The summed E-state index contributed by atoms with van der Waals surface area (Å²) >= 11 is 0. The monoisotopic (exact) mass is 104 g/mol. The predicted octanol–water partition coefficient (Wildman–Crippen LogP) is -0.386. The van der Waals surface area contributed by atoms with Crippen LogP contribution in [0.4, 0.5) is 0 Å². The van der Waals surface area contributed by atoms with Crippen LogP contribution in [0.5, 0.6) is 0 Å². The van der Waals surface area contributed by atoms with Crippen molar-refractivity contribution >= 4 is 0 Å². The first kappa shape index (κ1) is 6.88. The van der Waals surface area contributed by atoms with E-state index in [1.807, 2.05) is 6.92 Å². The maximum absolute atomic E-state index is 5.34. The van der Waals surface area contributed by atoms with E-state index in [0.717, 1.165) is 6.42 Å². The van der Waals surface area contributed by atoms with Gasteiger partial charge in [-0.2, -0.15) is 0 Å². The molecular formula is C4H12N2O. The molecule has 4 N–H and O–H groups in total. The van der Waals surface area contributed by atoms with E-state index in [4.69, 9.17) is 11.6 Å². The van der Waals surface area contributed by atoms with Gasteiger partial charge in [-0.15, -0.1) is 0 Å². The highest BCUT2D eigenvalue weighted by Gasteiger charge is 1.89. The molecule has 0 aliphatic rings. The van der Waals surface area contributed by atoms with Crippen LogP contribution in [-0.2, 0) is 4.84 Å². The third-order valence-electron chi connectivity index (χ3n) is 0.691. The van der Waals surface area contributed by atoms with E-state index in [9.17, 15) is 0 Å². The van der Waals surface area contributed by atoms with Crippen LogP contribution < -0.4 is 11.6 Å². The first-order valence-electron chi connectivity index (χ1n) is 2.34. The van der Waals surface area contributed by atoms with Crippen molar-refractivity contribution in [1.82, 2.24) is 0 Å². The summed E-state index contributed by atoms with van der Waals surface area (Å²) in [6.45, 7) is 2.47. The Kier molecular flexibility index (Phi) is 3.98. The molecule has 0 amide bonds. The van der Waals surface area contributed by atoms with Crippen LogP contribution in [0.1, 0.15) is 13.3 Å². The van der Waals surface area contributed by atoms with E-state index in [1.165, 1.54) is 0 Å². The van der Waals surface area contributed by atoms with Crippen LogP contribution in [0.3, 0.4) is 0 Å². The first-order valence-corrected chi connectivity index (χ1v) is 2.34. The van der Waals surface area contributed by atoms with Gasteiger partial charge in [-0.1, -0.05) is 0 Å². The van der Waals surface area contributed by atoms with Crippen molar-refractivity contribution in [3.05, 3.63) is 0 Å². The Balaban J connectivity index is 2.68. The van der Waals surface area contributed by atoms with Crippen LogP contribution in [0.15, 0.2) is 0 Å². The third kappa shape index (κ3) is 5.88. The van der Waals surface area contributed by atoms with E-state index >= 15 is 0 Å². The van der Waals surface area contributed by atoms with Gasteiger partial charge < -0.3 is 10.6 Å². The molecule has 0 heterocycles. The van der Waals surface area contributed by atoms with Crippen molar-refractivity contribution in [2.75, 3.05) is 6.61 Å². The zero-order valence-electron chi connectivity index (χ0n) is 4.55. The molecule has 44 valence electrons. The molecule has 3 nitrogen and oxygen atoms in total. The lowest BCUT2D eigenvalue weighted by molar-refractivity contribution is 0.131. The molecule has 0 spiro atoms. The highest BCUT2D eigenvalue weighted by Crippen LogP contribution is 1.82. The van der Waals surface area contributed by atoms with Gasteiger partial charge >= 0.3 is 0 Å². The van der Waals surface area contributed by atoms with Crippen LogP contribution in [-0.4, -0.2) is 12.6 Å². The molecular weight excluding hydrogens is 92.1 g/mol. The second kappa shape index (κ2) is 4.05. The second-order valence-corrected chi connectivity index (χ2v) is 1.64. The summed E-state index contributed by atoms with van der Waals surface area (Å²) in [7, 11) is 0. The van der Waals surface area contributed by atoms with E-state index in [2.05, 4.69) is 4.84 Å². The van der Waals surface area contributed by atoms with E-state index in [0.29, 0.717) is 6.61 Å². The SMILES string of the molecule is C[C@@H](N)CCON. The lowest BCUT2D eigenvalue weighted by atomic mass is 10.3. The highest BCUT2D eigenvalue weighted by molar-refractivity contribution is 4.48. The fraction of sp³-hybridized carbons (Fsp3) is 1.00. The summed E-state index contributed by atoms with van der Waals surface area (Å²) < 4.78 is 0. The molecule has 0 radical (unpaired) electrons. The Morgan fingerprint density at radius 1 is 1.71 bits per heavy atom. The van der Waals surface area contributed by atoms with Gasteiger partial charge in [0.15, 0.2) is 0 Å². The van der Waals surface area contributed by atoms with Crippen molar-refractivity contribution in [2.45, 2.75) is 19.4 Å². The molecule has 0 saturated heterocycles. The maximum Gasteiger partial charge on any atom is 0.0693 e. The van der Waals surface area contributed by atoms with Gasteiger partial charge in [0.1, 0.15) is 0 Å². The smallest absolute Gasteiger partial charge is 0.0693 e. The van der Waals surface area contributed by atoms with E-state index in [1.54, 1.807) is 0 Å². The zero-order chi connectivity index (χ0) is 5.70. The van der Waals surface area contributed by atoms with E-state index < -0.39 is 0 Å². The van der Waals surface area contributed by atoms with Crippen molar-refractivity contribution in [3.8, 4) is 0 Å². The molecule has 0 aliphatic heterocycles. The zero-order valence-corrected chi connectivity index (χ0v) is 4.55. The van der Waals surface area contributed by atoms with Gasteiger partial charge in [0.2, 0.25) is 0 Å². The van der Waals surface area contributed by atoms with Crippen LogP contribution in [0, 0.1) is 0 Å². The fourth-order valence-corrected chi connectivity index (χ4v) is 0.254. The van der Waals surface area contributed by atoms with Gasteiger partial charge in [-0.05, 0) is 13.3 Å². The minimum absolute atomic E-state index is 0.198. The van der Waals surface area contributed by atoms with Crippen molar-refractivity contribution in [1.29, 1.82) is 0 Å². The second-order valence-electron chi connectivity index (χ2n) is 1.64. The molecule has 0 rings (SSSR count). The Bertz CT molecular complexity index is 38.7. The van der Waals surface area contributed by atoms with Crippen molar-refractivity contribution < 1.29 is 4.84 Å². The van der Waals surface area contributed by atoms with Gasteiger partial charge in [0, 0.05) is 6.04 Å². The summed E-state index contributed by atoms with van der Waals surface area (Å²) in [5.41, 5.74) is 5.34. The van der Waals surface area contributed by atoms with Crippen molar-refractivity contribution in [2.24, 2.45) is 11.6 Å². The molecule has 0 unspecified atom stereocenters. The number of hydrogen-bond acceptors (Lipinski definition) is 3. The number of hydrogen-bond donors (Lipinski definition) is 2. The summed E-state index contributed by atoms with van der Waals surface area (Å²) in [6.07, 6.45) is 0.830. The van der Waals surface area contributed by atoms with Crippen molar-refractivity contribution in [3.63, 3.8) is 0 Å². The molecule has 1 atom stereocenters. The first-order chi connectivity index (χ1) is 3.27. The normalized spacial score (nSPS) is 14.1. The molecule has 0 fully saturated rings. The molecule has 0 bridgehead atoms. The topological polar surface area (TPSA) is 61.3 Å². The van der Waals surface area contributed by atoms with Gasteiger partial charge in [0.05, 0.1) is 6.61 Å². The Morgan fingerprint density at radius 3 is 2.43 bits per heavy atom. The Morgan fingerprint density at radius 2 is 2.29 bits per heavy atom. The Labute approximate surface area is 43.6 Å². The van der Waals surface area contributed by atoms with Gasteiger partial charge in [0.25, 0.3) is 0 Å². The summed E-state index contributed by atoms with van der Waals surface area (Å²) in [6, 6.07) is 0.198.